The van der Waals surface area contributed by atoms with Gasteiger partial charge in [0.05, 0.1) is 13.2 Å². The number of carbonyl (C=O) groups excluding carboxylic acids is 1. The Morgan fingerprint density at radius 1 is 1.27 bits per heavy atom. The summed E-state index contributed by atoms with van der Waals surface area (Å²) in [6, 6.07) is 11.7. The minimum absolute atomic E-state index is 0.0918. The summed E-state index contributed by atoms with van der Waals surface area (Å²) in [7, 11) is 0. The average Bonchev–Trinajstić information content (AvgIpc) is 3.09. The third-order valence-corrected chi connectivity index (χ3v) is 4.37. The fourth-order valence-corrected chi connectivity index (χ4v) is 3.13. The van der Waals surface area contributed by atoms with Crippen LogP contribution in [0.3, 0.4) is 0 Å². The molecule has 1 N–H and O–H groups in total. The molecule has 0 radical (unpaired) electrons. The number of hydrogen-bond donors (Lipinski definition) is 1. The summed E-state index contributed by atoms with van der Waals surface area (Å²) in [5.74, 6) is 1.25. The van der Waals surface area contributed by atoms with Gasteiger partial charge in [-0.15, -0.1) is 5.10 Å². The Hall–Kier alpha value is -3.22. The topological polar surface area (TPSA) is 81.9 Å². The number of rotatable bonds is 5. The number of aromatic nitrogens is 4. The number of hydrogen-bond acceptors (Lipinski definition) is 5. The zero-order chi connectivity index (χ0) is 17.8. The van der Waals surface area contributed by atoms with Crippen LogP contribution in [-0.2, 0) is 11.3 Å². The first-order valence-corrected chi connectivity index (χ1v) is 8.58. The van der Waals surface area contributed by atoms with Crippen molar-refractivity contribution in [2.75, 3.05) is 11.9 Å². The molecule has 3 heterocycles. The van der Waals surface area contributed by atoms with E-state index in [1.54, 1.807) is 23.4 Å². The summed E-state index contributed by atoms with van der Waals surface area (Å²) in [5.41, 5.74) is 2.11. The number of nitrogens with zero attached hydrogens (tertiary/aromatic N) is 4. The molecular weight excluding hydrogens is 330 g/mol. The lowest BCUT2D eigenvalue weighted by molar-refractivity contribution is -0.116. The molecule has 132 valence electrons. The highest BCUT2D eigenvalue weighted by Crippen LogP contribution is 2.35. The molecule has 0 bridgehead atoms. The Balaban J connectivity index is 1.37. The Labute approximate surface area is 151 Å². The fraction of sp³-hybridized carbons (Fsp3) is 0.263. The van der Waals surface area contributed by atoms with Gasteiger partial charge < -0.3 is 4.74 Å². The molecule has 1 aliphatic heterocycles. The van der Waals surface area contributed by atoms with E-state index in [-0.39, 0.29) is 11.8 Å². The van der Waals surface area contributed by atoms with Crippen LogP contribution < -0.4 is 10.1 Å². The molecule has 1 aliphatic rings. The van der Waals surface area contributed by atoms with Crippen LogP contribution in [0.4, 0.5) is 5.95 Å². The molecule has 0 saturated carbocycles. The average molecular weight is 349 g/mol. The van der Waals surface area contributed by atoms with E-state index in [0.29, 0.717) is 25.5 Å². The number of benzene rings is 1. The maximum absolute atomic E-state index is 12.4. The van der Waals surface area contributed by atoms with E-state index in [2.05, 4.69) is 20.4 Å². The lowest BCUT2D eigenvalue weighted by Crippen LogP contribution is -2.21. The maximum Gasteiger partial charge on any atom is 0.248 e. The van der Waals surface area contributed by atoms with E-state index >= 15 is 0 Å². The van der Waals surface area contributed by atoms with Crippen molar-refractivity contribution in [1.29, 1.82) is 0 Å². The molecule has 1 aromatic carbocycles. The van der Waals surface area contributed by atoms with Crippen LogP contribution in [0.5, 0.6) is 5.75 Å². The van der Waals surface area contributed by atoms with E-state index in [0.717, 1.165) is 23.3 Å². The van der Waals surface area contributed by atoms with Crippen LogP contribution in [0.15, 0.2) is 55.1 Å². The Kier molecular flexibility index (Phi) is 4.59. The molecular formula is C19H19N5O2. The van der Waals surface area contributed by atoms with Crippen molar-refractivity contribution in [3.63, 3.8) is 0 Å². The zero-order valence-corrected chi connectivity index (χ0v) is 14.2. The standard InChI is InChI=1S/C19H19N5O2/c25-18(10-15-7-9-26-17-6-2-1-5-16(15)17)22-19-21-13-24(23-19)12-14-4-3-8-20-11-14/h1-6,8,11,13,15H,7,9-10,12H2,(H,22,23,25)/t15-/m0/s1. The number of ether oxygens (including phenoxy) is 1. The van der Waals surface area contributed by atoms with Crippen LogP contribution in [0.1, 0.15) is 29.9 Å². The highest BCUT2D eigenvalue weighted by Gasteiger charge is 2.23. The van der Waals surface area contributed by atoms with Gasteiger partial charge in [-0.1, -0.05) is 24.3 Å². The van der Waals surface area contributed by atoms with Crippen LogP contribution in [0.25, 0.3) is 0 Å². The van der Waals surface area contributed by atoms with Gasteiger partial charge in [-0.05, 0) is 35.6 Å². The number of anilines is 1. The third-order valence-electron chi connectivity index (χ3n) is 4.37. The van der Waals surface area contributed by atoms with E-state index in [4.69, 9.17) is 4.74 Å². The second-order valence-corrected chi connectivity index (χ2v) is 6.25. The van der Waals surface area contributed by atoms with Gasteiger partial charge >= 0.3 is 0 Å². The van der Waals surface area contributed by atoms with E-state index in [1.165, 1.54) is 0 Å². The molecule has 7 heteroatoms. The largest absolute Gasteiger partial charge is 0.493 e. The lowest BCUT2D eigenvalue weighted by atomic mass is 9.90. The second-order valence-electron chi connectivity index (χ2n) is 6.25. The molecule has 1 atom stereocenters. The summed E-state index contributed by atoms with van der Waals surface area (Å²) in [4.78, 5) is 20.6. The summed E-state index contributed by atoms with van der Waals surface area (Å²) < 4.78 is 7.33. The molecule has 1 amide bonds. The van der Waals surface area contributed by atoms with Crippen LogP contribution in [0, 0.1) is 0 Å². The predicted octanol–water partition coefficient (Wildman–Crippen LogP) is 2.62. The van der Waals surface area contributed by atoms with Gasteiger partial charge in [-0.25, -0.2) is 9.67 Å². The van der Waals surface area contributed by atoms with Gasteiger partial charge in [-0.3, -0.25) is 15.1 Å². The second kappa shape index (κ2) is 7.35. The minimum Gasteiger partial charge on any atom is -0.493 e. The Bertz CT molecular complexity index is 894. The number of amides is 1. The molecule has 3 aromatic rings. The highest BCUT2D eigenvalue weighted by atomic mass is 16.5. The normalized spacial score (nSPS) is 15.8. The first-order valence-electron chi connectivity index (χ1n) is 8.58. The molecule has 0 fully saturated rings. The van der Waals surface area contributed by atoms with E-state index < -0.39 is 0 Å². The Morgan fingerprint density at radius 3 is 3.08 bits per heavy atom. The first kappa shape index (κ1) is 16.3. The Morgan fingerprint density at radius 2 is 2.19 bits per heavy atom. The first-order chi connectivity index (χ1) is 12.8. The van der Waals surface area contributed by atoms with Crippen molar-refractivity contribution in [1.82, 2.24) is 19.7 Å². The molecule has 0 saturated heterocycles. The summed E-state index contributed by atoms with van der Waals surface area (Å²) in [6.07, 6.45) is 6.32. The minimum atomic E-state index is -0.0918. The van der Waals surface area contributed by atoms with Crippen molar-refractivity contribution >= 4 is 11.9 Å². The zero-order valence-electron chi connectivity index (χ0n) is 14.2. The summed E-state index contributed by atoms with van der Waals surface area (Å²) in [6.45, 7) is 1.19. The lowest BCUT2D eigenvalue weighted by Gasteiger charge is -2.25. The number of para-hydroxylation sites is 1. The number of carbonyl (C=O) groups is 1. The third kappa shape index (κ3) is 3.72. The highest BCUT2D eigenvalue weighted by molar-refractivity contribution is 5.89. The summed E-state index contributed by atoms with van der Waals surface area (Å²) in [5, 5.41) is 7.09. The SMILES string of the molecule is O=C(C[C@@H]1CCOc2ccccc21)Nc1ncn(Cc2cccnc2)n1. The number of fused-ring (bicyclic) bond motifs is 1. The van der Waals surface area contributed by atoms with E-state index in [1.807, 2.05) is 36.4 Å². The van der Waals surface area contributed by atoms with Crippen molar-refractivity contribution in [3.8, 4) is 5.75 Å². The molecule has 0 unspecified atom stereocenters. The van der Waals surface area contributed by atoms with Gasteiger partial charge in [0, 0.05) is 18.8 Å². The van der Waals surface area contributed by atoms with Gasteiger partial charge in [0.25, 0.3) is 0 Å². The molecule has 4 rings (SSSR count). The molecule has 0 spiro atoms. The molecule has 7 nitrogen and oxygen atoms in total. The van der Waals surface area contributed by atoms with Crippen molar-refractivity contribution in [2.24, 2.45) is 0 Å². The van der Waals surface area contributed by atoms with Crippen molar-refractivity contribution in [2.45, 2.75) is 25.3 Å². The van der Waals surface area contributed by atoms with Gasteiger partial charge in [0.2, 0.25) is 11.9 Å². The fourth-order valence-electron chi connectivity index (χ4n) is 3.13. The van der Waals surface area contributed by atoms with Crippen LogP contribution >= 0.6 is 0 Å². The van der Waals surface area contributed by atoms with Crippen molar-refractivity contribution < 1.29 is 9.53 Å². The maximum atomic E-state index is 12.4. The van der Waals surface area contributed by atoms with E-state index in [9.17, 15) is 4.79 Å². The smallest absolute Gasteiger partial charge is 0.248 e. The van der Waals surface area contributed by atoms with Crippen molar-refractivity contribution in [3.05, 3.63) is 66.2 Å². The number of nitrogens with one attached hydrogen (secondary N) is 1. The quantitative estimate of drug-likeness (QED) is 0.766. The predicted molar refractivity (Wildman–Crippen MR) is 95.9 cm³/mol. The molecule has 0 aliphatic carbocycles. The van der Waals surface area contributed by atoms with Gasteiger partial charge in [-0.2, -0.15) is 0 Å². The summed E-state index contributed by atoms with van der Waals surface area (Å²) >= 11 is 0. The molecule has 26 heavy (non-hydrogen) atoms. The molecule has 2 aromatic heterocycles. The number of pyridine rings is 1. The van der Waals surface area contributed by atoms with Crippen LogP contribution in [-0.4, -0.2) is 32.3 Å². The van der Waals surface area contributed by atoms with Gasteiger partial charge in [0.1, 0.15) is 12.1 Å². The van der Waals surface area contributed by atoms with Gasteiger partial charge in [0.15, 0.2) is 0 Å². The monoisotopic (exact) mass is 349 g/mol. The van der Waals surface area contributed by atoms with Crippen LogP contribution in [0.2, 0.25) is 0 Å².